The van der Waals surface area contributed by atoms with Gasteiger partial charge in [0.05, 0.1) is 10.0 Å². The lowest BCUT2D eigenvalue weighted by molar-refractivity contribution is -0.00213. The summed E-state index contributed by atoms with van der Waals surface area (Å²) in [6.45, 7) is 1.62. The predicted molar refractivity (Wildman–Crippen MR) is 102 cm³/mol. The van der Waals surface area contributed by atoms with Gasteiger partial charge in [0, 0.05) is 30.5 Å². The Bertz CT molecular complexity index is 910. The molecular weight excluding hydrogens is 407 g/mol. The highest BCUT2D eigenvalue weighted by Gasteiger charge is 2.45. The minimum Gasteiger partial charge on any atom is -0.465 e. The topological polar surface area (TPSA) is 92.9 Å². The van der Waals surface area contributed by atoms with Crippen molar-refractivity contribution >= 4 is 35.3 Å². The minimum atomic E-state index is -0.914. The van der Waals surface area contributed by atoms with Gasteiger partial charge in [-0.25, -0.2) is 9.59 Å². The van der Waals surface area contributed by atoms with Gasteiger partial charge < -0.3 is 19.3 Å². The molecule has 0 saturated carbocycles. The molecule has 1 aromatic heterocycles. The number of rotatable bonds is 3. The summed E-state index contributed by atoms with van der Waals surface area (Å²) >= 11 is 12.5. The first kappa shape index (κ1) is 19.1. The van der Waals surface area contributed by atoms with E-state index in [1.165, 1.54) is 4.90 Å². The lowest BCUT2D eigenvalue weighted by atomic mass is 10.00. The van der Waals surface area contributed by atoms with Crippen molar-refractivity contribution in [2.45, 2.75) is 50.8 Å². The number of halogens is 2. The van der Waals surface area contributed by atoms with Crippen molar-refractivity contribution < 1.29 is 24.0 Å². The Balaban J connectivity index is 1.58. The lowest BCUT2D eigenvalue weighted by Gasteiger charge is -2.36. The van der Waals surface area contributed by atoms with E-state index >= 15 is 0 Å². The van der Waals surface area contributed by atoms with Crippen LogP contribution in [0.2, 0.25) is 10.0 Å². The second kappa shape index (κ2) is 7.29. The van der Waals surface area contributed by atoms with E-state index in [4.69, 9.17) is 32.5 Å². The first-order valence-electron chi connectivity index (χ1n) is 8.99. The van der Waals surface area contributed by atoms with Crippen LogP contribution in [-0.4, -0.2) is 45.4 Å². The molecule has 0 spiro atoms. The maximum absolute atomic E-state index is 12.9. The van der Waals surface area contributed by atoms with E-state index in [1.54, 1.807) is 25.1 Å². The van der Waals surface area contributed by atoms with Gasteiger partial charge in [-0.3, -0.25) is 0 Å². The van der Waals surface area contributed by atoms with Crippen LogP contribution in [0, 0.1) is 6.92 Å². The number of piperidine rings is 1. The van der Waals surface area contributed by atoms with Crippen LogP contribution in [0.4, 0.5) is 4.79 Å². The summed E-state index contributed by atoms with van der Waals surface area (Å²) in [4.78, 5) is 25.8. The van der Waals surface area contributed by atoms with Crippen LogP contribution in [0.25, 0.3) is 11.3 Å². The smallest absolute Gasteiger partial charge is 0.407 e. The molecule has 0 radical (unpaired) electrons. The minimum absolute atomic E-state index is 0.116. The number of benzene rings is 1. The highest BCUT2D eigenvalue weighted by atomic mass is 35.5. The van der Waals surface area contributed by atoms with E-state index in [0.29, 0.717) is 34.2 Å². The number of esters is 1. The first-order chi connectivity index (χ1) is 13.4. The third-order valence-electron chi connectivity index (χ3n) is 5.45. The third-order valence-corrected chi connectivity index (χ3v) is 6.08. The molecule has 9 heteroatoms. The molecule has 2 bridgehead atoms. The Morgan fingerprint density at radius 3 is 2.39 bits per heavy atom. The Hall–Kier alpha value is -2.25. The van der Waals surface area contributed by atoms with Crippen LogP contribution in [0.3, 0.4) is 0 Å². The van der Waals surface area contributed by atoms with Crippen molar-refractivity contribution in [2.24, 2.45) is 0 Å². The average molecular weight is 425 g/mol. The third kappa shape index (κ3) is 3.22. The number of aromatic nitrogens is 1. The van der Waals surface area contributed by atoms with E-state index in [9.17, 15) is 14.7 Å². The van der Waals surface area contributed by atoms with Crippen LogP contribution in [0.5, 0.6) is 0 Å². The fourth-order valence-electron chi connectivity index (χ4n) is 4.25. The fourth-order valence-corrected chi connectivity index (χ4v) is 4.83. The van der Waals surface area contributed by atoms with Crippen LogP contribution in [-0.2, 0) is 4.74 Å². The van der Waals surface area contributed by atoms with Gasteiger partial charge in [0.2, 0.25) is 0 Å². The first-order valence-corrected chi connectivity index (χ1v) is 9.75. The van der Waals surface area contributed by atoms with Gasteiger partial charge >= 0.3 is 12.1 Å². The van der Waals surface area contributed by atoms with Crippen molar-refractivity contribution in [3.63, 3.8) is 0 Å². The Morgan fingerprint density at radius 2 is 1.82 bits per heavy atom. The summed E-state index contributed by atoms with van der Waals surface area (Å²) < 4.78 is 10.9. The summed E-state index contributed by atoms with van der Waals surface area (Å²) in [7, 11) is 0. The molecule has 2 aliphatic heterocycles. The Labute approximate surface area is 171 Å². The highest BCUT2D eigenvalue weighted by molar-refractivity contribution is 6.39. The van der Waals surface area contributed by atoms with Crippen LogP contribution in [0.1, 0.15) is 41.8 Å². The van der Waals surface area contributed by atoms with Gasteiger partial charge in [-0.1, -0.05) is 34.4 Å². The molecule has 2 saturated heterocycles. The molecule has 3 atom stereocenters. The molecule has 28 heavy (non-hydrogen) atoms. The summed E-state index contributed by atoms with van der Waals surface area (Å²) in [5.74, 6) is -0.264. The van der Waals surface area contributed by atoms with Gasteiger partial charge in [0.25, 0.3) is 0 Å². The number of nitrogens with zero attached hydrogens (tertiary/aromatic N) is 2. The quantitative estimate of drug-likeness (QED) is 0.711. The van der Waals surface area contributed by atoms with Gasteiger partial charge in [-0.2, -0.15) is 0 Å². The number of fused-ring (bicyclic) bond motifs is 2. The molecule has 0 unspecified atom stereocenters. The molecule has 1 aromatic carbocycles. The van der Waals surface area contributed by atoms with Gasteiger partial charge in [-0.05, 0) is 31.9 Å². The summed E-state index contributed by atoms with van der Waals surface area (Å²) in [5, 5.41) is 14.0. The molecule has 2 fully saturated rings. The zero-order chi connectivity index (χ0) is 20.0. The molecule has 1 N–H and O–H groups in total. The molecule has 1 amide bonds. The monoisotopic (exact) mass is 424 g/mol. The van der Waals surface area contributed by atoms with E-state index < -0.39 is 12.1 Å². The molecule has 3 heterocycles. The van der Waals surface area contributed by atoms with Crippen molar-refractivity contribution in [3.05, 3.63) is 39.6 Å². The molecule has 148 valence electrons. The molecule has 2 aromatic rings. The molecule has 4 rings (SSSR count). The Morgan fingerprint density at radius 1 is 1.21 bits per heavy atom. The maximum atomic E-state index is 12.9. The molecule has 7 nitrogen and oxygen atoms in total. The number of carbonyl (C=O) groups is 2. The number of hydrogen-bond donors (Lipinski definition) is 1. The number of aryl methyl sites for hydroxylation is 1. The van der Waals surface area contributed by atoms with Crippen molar-refractivity contribution in [3.8, 4) is 11.3 Å². The van der Waals surface area contributed by atoms with Gasteiger partial charge in [0.15, 0.2) is 0 Å². The van der Waals surface area contributed by atoms with Gasteiger partial charge in [0.1, 0.15) is 23.1 Å². The van der Waals surface area contributed by atoms with Crippen LogP contribution >= 0.6 is 23.2 Å². The van der Waals surface area contributed by atoms with Crippen molar-refractivity contribution in [1.29, 1.82) is 0 Å². The number of carboxylic acid groups (broad SMARTS) is 1. The van der Waals surface area contributed by atoms with E-state index in [-0.39, 0.29) is 29.4 Å². The van der Waals surface area contributed by atoms with Crippen molar-refractivity contribution in [1.82, 2.24) is 10.1 Å². The van der Waals surface area contributed by atoms with Gasteiger partial charge in [-0.15, -0.1) is 0 Å². The number of carbonyl (C=O) groups excluding carboxylic acids is 1. The summed E-state index contributed by atoms with van der Waals surface area (Å²) in [6.07, 6.45) is 1.28. The average Bonchev–Trinajstić information content (AvgIpc) is 3.13. The highest BCUT2D eigenvalue weighted by Crippen LogP contribution is 2.39. The Kier molecular flexibility index (Phi) is 4.97. The standard InChI is InChI=1S/C19H18Cl2N2O5/c1-9-15(17(22-28-9)16-13(20)3-2-4-14(16)21)18(24)27-12-7-10-5-6-11(8-12)23(10)19(25)26/h2-4,10-12H,5-8H2,1H3,(H,25,26)/t10-,11+,12-. The molecular formula is C19H18Cl2N2O5. The second-order valence-corrected chi connectivity index (χ2v) is 7.95. The summed E-state index contributed by atoms with van der Waals surface area (Å²) in [6, 6.07) is 4.78. The van der Waals surface area contributed by atoms with Crippen LogP contribution < -0.4 is 0 Å². The zero-order valence-corrected chi connectivity index (χ0v) is 16.5. The molecule has 0 aliphatic carbocycles. The largest absolute Gasteiger partial charge is 0.465 e. The number of ether oxygens (including phenoxy) is 1. The van der Waals surface area contributed by atoms with E-state index in [0.717, 1.165) is 12.8 Å². The number of amides is 1. The second-order valence-electron chi connectivity index (χ2n) is 7.13. The van der Waals surface area contributed by atoms with Crippen molar-refractivity contribution in [2.75, 3.05) is 0 Å². The molecule has 2 aliphatic rings. The SMILES string of the molecule is Cc1onc(-c2c(Cl)cccc2Cl)c1C(=O)O[C@@H]1C[C@H]2CC[C@@H](C1)N2C(=O)O. The number of hydrogen-bond acceptors (Lipinski definition) is 5. The van der Waals surface area contributed by atoms with E-state index in [1.807, 2.05) is 0 Å². The maximum Gasteiger partial charge on any atom is 0.407 e. The lowest BCUT2D eigenvalue weighted by Crippen LogP contribution is -2.48. The zero-order valence-electron chi connectivity index (χ0n) is 15.0. The predicted octanol–water partition coefficient (Wildman–Crippen LogP) is 4.79. The summed E-state index contributed by atoms with van der Waals surface area (Å²) in [5.41, 5.74) is 0.836. The fraction of sp³-hybridized carbons (Fsp3) is 0.421. The normalized spacial score (nSPS) is 23.7. The van der Waals surface area contributed by atoms with E-state index in [2.05, 4.69) is 5.16 Å². The van der Waals surface area contributed by atoms with Crippen LogP contribution in [0.15, 0.2) is 22.7 Å².